The van der Waals surface area contributed by atoms with Crippen molar-refractivity contribution in [3.8, 4) is 16.9 Å². The van der Waals surface area contributed by atoms with Gasteiger partial charge in [-0.15, -0.1) is 0 Å². The van der Waals surface area contributed by atoms with Gasteiger partial charge in [-0.1, -0.05) is 52.3 Å². The lowest BCUT2D eigenvalue weighted by atomic mass is 9.96. The van der Waals surface area contributed by atoms with Crippen molar-refractivity contribution in [1.82, 2.24) is 19.5 Å². The van der Waals surface area contributed by atoms with Gasteiger partial charge in [0.2, 0.25) is 0 Å². The molecule has 0 saturated heterocycles. The molecule has 0 bridgehead atoms. The van der Waals surface area contributed by atoms with E-state index in [4.69, 9.17) is 14.5 Å². The number of H-pyrrole nitrogens is 1. The van der Waals surface area contributed by atoms with Gasteiger partial charge in [-0.05, 0) is 102 Å². The fourth-order valence-corrected chi connectivity index (χ4v) is 7.66. The van der Waals surface area contributed by atoms with E-state index in [9.17, 15) is 4.21 Å². The minimum absolute atomic E-state index is 0.438. The van der Waals surface area contributed by atoms with Gasteiger partial charge < -0.3 is 23.9 Å². The molecule has 9 heteroatoms. The second-order valence-electron chi connectivity index (χ2n) is 13.6. The highest BCUT2D eigenvalue weighted by Crippen LogP contribution is 2.35. The van der Waals surface area contributed by atoms with E-state index in [1.807, 2.05) is 42.9 Å². The number of aryl methyl sites for hydroxylation is 1. The Morgan fingerprint density at radius 3 is 2.60 bits per heavy atom. The van der Waals surface area contributed by atoms with E-state index < -0.39 is 10.8 Å². The molecule has 1 aliphatic heterocycles. The van der Waals surface area contributed by atoms with Crippen LogP contribution in [0.1, 0.15) is 76.9 Å². The third kappa shape index (κ3) is 8.92. The number of benzene rings is 3. The normalized spacial score (nSPS) is 15.1. The molecular formula is C41H51N5O3S. The molecule has 1 aliphatic rings. The first kappa shape index (κ1) is 35.6. The molecule has 0 amide bonds. The van der Waals surface area contributed by atoms with Crippen LogP contribution in [0.3, 0.4) is 0 Å². The first-order chi connectivity index (χ1) is 24.4. The molecular weight excluding hydrogens is 643 g/mol. The summed E-state index contributed by atoms with van der Waals surface area (Å²) in [5.41, 5.74) is 8.70. The maximum atomic E-state index is 13.4. The number of aromatic nitrogens is 4. The molecule has 0 fully saturated rings. The summed E-state index contributed by atoms with van der Waals surface area (Å²) in [5.74, 6) is 2.72. The SMILES string of the molecule is CCCCOCCOc1ccc(-c2ccc3c(c2)/C=C(/c2nc4ccc([S@](=O)Cc5cncn5CCC)cc4[nH]2)CCCN3CC(C)C)cc1. The van der Waals surface area contributed by atoms with E-state index in [0.29, 0.717) is 24.9 Å². The summed E-state index contributed by atoms with van der Waals surface area (Å²) in [6, 6.07) is 21.1. The summed E-state index contributed by atoms with van der Waals surface area (Å²) < 4.78 is 27.1. The Morgan fingerprint density at radius 2 is 1.80 bits per heavy atom. The molecule has 8 nitrogen and oxygen atoms in total. The second-order valence-corrected chi connectivity index (χ2v) is 15.0. The maximum Gasteiger partial charge on any atom is 0.134 e. The number of rotatable bonds is 16. The zero-order valence-corrected chi connectivity index (χ0v) is 30.8. The number of allylic oxidation sites excluding steroid dienone is 1. The van der Waals surface area contributed by atoms with E-state index in [2.05, 4.69) is 83.5 Å². The molecule has 0 spiro atoms. The van der Waals surface area contributed by atoms with E-state index in [1.54, 1.807) is 0 Å². The van der Waals surface area contributed by atoms with Crippen molar-refractivity contribution in [3.63, 3.8) is 0 Å². The number of imidazole rings is 2. The molecule has 1 atom stereocenters. The average molecular weight is 694 g/mol. The van der Waals surface area contributed by atoms with E-state index in [0.717, 1.165) is 103 Å². The van der Waals surface area contributed by atoms with Crippen LogP contribution in [0.2, 0.25) is 0 Å². The summed E-state index contributed by atoms with van der Waals surface area (Å²) in [5, 5.41) is 0. The summed E-state index contributed by atoms with van der Waals surface area (Å²) >= 11 is 0. The predicted molar refractivity (Wildman–Crippen MR) is 206 cm³/mol. The van der Waals surface area contributed by atoms with Crippen LogP contribution in [0.15, 0.2) is 78.1 Å². The number of fused-ring (bicyclic) bond motifs is 2. The van der Waals surface area contributed by atoms with E-state index in [-0.39, 0.29) is 0 Å². The van der Waals surface area contributed by atoms with Crippen molar-refractivity contribution in [3.05, 3.63) is 90.3 Å². The minimum Gasteiger partial charge on any atom is -0.491 e. The number of ether oxygens (including phenoxy) is 2. The Hall–Kier alpha value is -4.21. The monoisotopic (exact) mass is 693 g/mol. The van der Waals surface area contributed by atoms with Crippen molar-refractivity contribution < 1.29 is 13.7 Å². The molecule has 0 aliphatic carbocycles. The van der Waals surface area contributed by atoms with Gasteiger partial charge >= 0.3 is 0 Å². The first-order valence-corrected chi connectivity index (χ1v) is 19.5. The standard InChI is InChI=1S/C41H51N5O3S/c1-5-7-20-48-21-22-49-36-13-10-31(11-14-36)32-12-17-40-34(23-32)24-33(9-8-19-45(40)27-30(3)4)41-43-38-16-15-37(25-39(38)44-41)50(47)28-35-26-42-29-46(35)18-6-2/h10-17,23-26,29-30H,5-9,18-22,27-28H2,1-4H3,(H,43,44)/b33-24+/t50-/m1/s1. The molecule has 0 saturated carbocycles. The highest BCUT2D eigenvalue weighted by Gasteiger charge is 2.19. The number of hydrogen-bond donors (Lipinski definition) is 1. The number of anilines is 1. The van der Waals surface area contributed by atoms with Crippen LogP contribution in [-0.4, -0.2) is 56.6 Å². The lowest BCUT2D eigenvalue weighted by Crippen LogP contribution is -2.30. The molecule has 2 aromatic heterocycles. The predicted octanol–water partition coefficient (Wildman–Crippen LogP) is 9.14. The van der Waals surface area contributed by atoms with Crippen molar-refractivity contribution >= 4 is 39.2 Å². The van der Waals surface area contributed by atoms with Crippen molar-refractivity contribution in [1.29, 1.82) is 0 Å². The third-order valence-corrected chi connectivity index (χ3v) is 10.4. The van der Waals surface area contributed by atoms with Gasteiger partial charge in [0.05, 0.1) is 46.2 Å². The van der Waals surface area contributed by atoms with Crippen LogP contribution in [0.4, 0.5) is 5.69 Å². The summed E-state index contributed by atoms with van der Waals surface area (Å²) in [7, 11) is -1.19. The highest BCUT2D eigenvalue weighted by molar-refractivity contribution is 7.84. The van der Waals surface area contributed by atoms with E-state index >= 15 is 0 Å². The number of hydrogen-bond acceptors (Lipinski definition) is 6. The van der Waals surface area contributed by atoms with Crippen LogP contribution < -0.4 is 9.64 Å². The molecule has 50 heavy (non-hydrogen) atoms. The summed E-state index contributed by atoms with van der Waals surface area (Å²) in [6.07, 6.45) is 11.1. The Kier molecular flexibility index (Phi) is 12.2. The lowest BCUT2D eigenvalue weighted by Gasteiger charge is -2.30. The highest BCUT2D eigenvalue weighted by atomic mass is 32.2. The molecule has 6 rings (SSSR count). The zero-order valence-electron chi connectivity index (χ0n) is 30.0. The van der Waals surface area contributed by atoms with Gasteiger partial charge in [0.15, 0.2) is 0 Å². The lowest BCUT2D eigenvalue weighted by molar-refractivity contribution is 0.0981. The number of nitrogens with zero attached hydrogens (tertiary/aromatic N) is 4. The molecule has 5 aromatic rings. The van der Waals surface area contributed by atoms with Gasteiger partial charge in [-0.3, -0.25) is 4.21 Å². The Bertz CT molecular complexity index is 1910. The summed E-state index contributed by atoms with van der Waals surface area (Å²) in [4.78, 5) is 16.2. The minimum atomic E-state index is -1.19. The van der Waals surface area contributed by atoms with Crippen LogP contribution in [0.25, 0.3) is 33.8 Å². The Balaban J connectivity index is 1.25. The quantitative estimate of drug-likeness (QED) is 0.104. The molecule has 0 unspecified atom stereocenters. The van der Waals surface area contributed by atoms with Crippen LogP contribution in [0.5, 0.6) is 5.75 Å². The number of aromatic amines is 1. The van der Waals surface area contributed by atoms with Gasteiger partial charge in [-0.2, -0.15) is 0 Å². The molecule has 3 heterocycles. The summed E-state index contributed by atoms with van der Waals surface area (Å²) in [6.45, 7) is 13.7. The van der Waals surface area contributed by atoms with Gasteiger partial charge in [0.1, 0.15) is 18.2 Å². The molecule has 264 valence electrons. The maximum absolute atomic E-state index is 13.4. The Labute approximate surface area is 299 Å². The fraction of sp³-hybridized carbons (Fsp3) is 0.415. The van der Waals surface area contributed by atoms with Crippen LogP contribution >= 0.6 is 0 Å². The first-order valence-electron chi connectivity index (χ1n) is 18.2. The van der Waals surface area contributed by atoms with Gasteiger partial charge in [0, 0.05) is 43.0 Å². The van der Waals surface area contributed by atoms with Crippen molar-refractivity contribution in [2.45, 2.75) is 77.0 Å². The van der Waals surface area contributed by atoms with Crippen LogP contribution in [-0.2, 0) is 27.8 Å². The van der Waals surface area contributed by atoms with E-state index in [1.165, 1.54) is 16.8 Å². The van der Waals surface area contributed by atoms with Crippen molar-refractivity contribution in [2.75, 3.05) is 37.8 Å². The van der Waals surface area contributed by atoms with Gasteiger partial charge in [-0.25, -0.2) is 9.97 Å². The number of nitrogens with one attached hydrogen (secondary N) is 1. The van der Waals surface area contributed by atoms with Crippen LogP contribution in [0, 0.1) is 5.92 Å². The third-order valence-electron chi connectivity index (χ3n) is 9.05. The molecule has 0 radical (unpaired) electrons. The second kappa shape index (κ2) is 17.1. The number of unbranched alkanes of at least 4 members (excludes halogenated alkanes) is 1. The van der Waals surface area contributed by atoms with Gasteiger partial charge in [0.25, 0.3) is 0 Å². The zero-order chi connectivity index (χ0) is 34.9. The fourth-order valence-electron chi connectivity index (χ4n) is 6.52. The topological polar surface area (TPSA) is 85.3 Å². The average Bonchev–Trinajstić information content (AvgIpc) is 3.74. The smallest absolute Gasteiger partial charge is 0.134 e. The largest absolute Gasteiger partial charge is 0.491 e. The Morgan fingerprint density at radius 1 is 0.960 bits per heavy atom. The molecule has 1 N–H and O–H groups in total. The molecule has 3 aromatic carbocycles. The van der Waals surface area contributed by atoms with Crippen molar-refractivity contribution in [2.24, 2.45) is 5.92 Å².